The molecule has 1 amide bonds. The van der Waals surface area contributed by atoms with Crippen LogP contribution in [0.1, 0.15) is 50.7 Å². The van der Waals surface area contributed by atoms with Gasteiger partial charge in [0.2, 0.25) is 5.91 Å². The third kappa shape index (κ3) is 7.89. The second kappa shape index (κ2) is 11.7. The van der Waals surface area contributed by atoms with Gasteiger partial charge in [0.05, 0.1) is 5.92 Å². The van der Waals surface area contributed by atoms with Gasteiger partial charge in [-0.2, -0.15) is 0 Å². The summed E-state index contributed by atoms with van der Waals surface area (Å²) in [7, 11) is 1.81. The zero-order valence-corrected chi connectivity index (χ0v) is 17.7. The lowest BCUT2D eigenvalue weighted by molar-refractivity contribution is -0.123. The summed E-state index contributed by atoms with van der Waals surface area (Å²) in [6.45, 7) is 8.83. The highest BCUT2D eigenvalue weighted by atomic mass is 16.1. The van der Waals surface area contributed by atoms with Gasteiger partial charge in [-0.1, -0.05) is 38.1 Å². The fraction of sp³-hybridized carbons (Fsp3) is 0.636. The normalized spacial score (nSPS) is 18.3. The minimum atomic E-state index is -0.171. The molecule has 0 saturated carbocycles. The Hall–Kier alpha value is -2.08. The number of piperidine rings is 1. The van der Waals surface area contributed by atoms with Crippen LogP contribution in [0.15, 0.2) is 29.3 Å². The summed E-state index contributed by atoms with van der Waals surface area (Å²) in [6.07, 6.45) is 4.32. The molecule has 6 heteroatoms. The third-order valence-corrected chi connectivity index (χ3v) is 5.24. The van der Waals surface area contributed by atoms with Crippen molar-refractivity contribution in [1.82, 2.24) is 15.5 Å². The molecule has 28 heavy (non-hydrogen) atoms. The topological polar surface area (TPSA) is 82.8 Å². The first kappa shape index (κ1) is 22.2. The van der Waals surface area contributed by atoms with Gasteiger partial charge in [0, 0.05) is 33.2 Å². The van der Waals surface area contributed by atoms with Gasteiger partial charge in [-0.05, 0) is 49.3 Å². The average molecular weight is 388 g/mol. The predicted octanol–water partition coefficient (Wildman–Crippen LogP) is 2.49. The van der Waals surface area contributed by atoms with Crippen molar-refractivity contribution in [2.45, 2.75) is 52.6 Å². The second-order valence-corrected chi connectivity index (χ2v) is 8.19. The number of rotatable bonds is 9. The fourth-order valence-corrected chi connectivity index (χ4v) is 3.65. The molecule has 1 saturated heterocycles. The third-order valence-electron chi connectivity index (χ3n) is 5.24. The van der Waals surface area contributed by atoms with Gasteiger partial charge in [-0.3, -0.25) is 14.7 Å². The Morgan fingerprint density at radius 1 is 1.32 bits per heavy atom. The minimum Gasteiger partial charge on any atom is -0.369 e. The maximum Gasteiger partial charge on any atom is 0.221 e. The lowest BCUT2D eigenvalue weighted by atomic mass is 9.97. The van der Waals surface area contributed by atoms with Crippen LogP contribution < -0.4 is 16.4 Å². The largest absolute Gasteiger partial charge is 0.369 e. The maximum absolute atomic E-state index is 11.5. The summed E-state index contributed by atoms with van der Waals surface area (Å²) in [6, 6.07) is 8.61. The molecule has 4 N–H and O–H groups in total. The lowest BCUT2D eigenvalue weighted by Gasteiger charge is -2.31. The van der Waals surface area contributed by atoms with E-state index in [-0.39, 0.29) is 11.8 Å². The quantitative estimate of drug-likeness (QED) is 0.345. The highest BCUT2D eigenvalue weighted by Gasteiger charge is 2.23. The smallest absolute Gasteiger partial charge is 0.221 e. The van der Waals surface area contributed by atoms with Gasteiger partial charge < -0.3 is 16.4 Å². The molecular formula is C22H37N5O. The van der Waals surface area contributed by atoms with E-state index in [1.165, 1.54) is 17.5 Å². The van der Waals surface area contributed by atoms with E-state index in [4.69, 9.17) is 5.73 Å². The number of nitrogens with two attached hydrogens (primary N) is 1. The van der Waals surface area contributed by atoms with Crippen LogP contribution in [0.4, 0.5) is 0 Å². The van der Waals surface area contributed by atoms with E-state index in [9.17, 15) is 4.79 Å². The molecule has 2 rings (SSSR count). The number of likely N-dealkylation sites (tertiary alicyclic amines) is 1. The zero-order chi connectivity index (χ0) is 20.4. The van der Waals surface area contributed by atoms with Crippen molar-refractivity contribution in [2.75, 3.05) is 26.7 Å². The van der Waals surface area contributed by atoms with E-state index in [1.807, 2.05) is 0 Å². The molecule has 1 unspecified atom stereocenters. The minimum absolute atomic E-state index is 0.0105. The SMILES string of the molecule is CN=C(NCCCC(C)C)NCc1cccc(CN2CCCC(C(N)=O)C2)c1. The molecule has 0 aliphatic carbocycles. The Bertz CT molecular complexity index is 644. The number of guanidine groups is 1. The summed E-state index contributed by atoms with van der Waals surface area (Å²) in [4.78, 5) is 18.1. The summed E-state index contributed by atoms with van der Waals surface area (Å²) in [5.74, 6) is 1.39. The van der Waals surface area contributed by atoms with Gasteiger partial charge >= 0.3 is 0 Å². The maximum atomic E-state index is 11.5. The number of amides is 1. The molecule has 1 aromatic rings. The number of nitrogens with zero attached hydrogens (tertiary/aromatic N) is 2. The van der Waals surface area contributed by atoms with Gasteiger partial charge in [-0.25, -0.2) is 0 Å². The molecule has 0 spiro atoms. The van der Waals surface area contributed by atoms with Crippen LogP contribution in [-0.4, -0.2) is 43.4 Å². The standard InChI is InChI=1S/C22H37N5O/c1-17(2)7-5-11-25-22(24-3)26-14-18-8-4-9-19(13-18)15-27-12-6-10-20(16-27)21(23)28/h4,8-9,13,17,20H,5-7,10-12,14-16H2,1-3H3,(H2,23,28)(H2,24,25,26). The van der Waals surface area contributed by atoms with Crippen molar-refractivity contribution >= 4 is 11.9 Å². The van der Waals surface area contributed by atoms with E-state index in [0.717, 1.165) is 63.9 Å². The summed E-state index contributed by atoms with van der Waals surface area (Å²) >= 11 is 0. The molecule has 0 radical (unpaired) electrons. The van der Waals surface area contributed by atoms with Crippen LogP contribution in [0.2, 0.25) is 0 Å². The van der Waals surface area contributed by atoms with Crippen LogP contribution in [0.5, 0.6) is 0 Å². The molecule has 1 aliphatic heterocycles. The highest BCUT2D eigenvalue weighted by Crippen LogP contribution is 2.18. The number of nitrogens with one attached hydrogen (secondary N) is 2. The fourth-order valence-electron chi connectivity index (χ4n) is 3.65. The van der Waals surface area contributed by atoms with Gasteiger partial charge in [0.15, 0.2) is 5.96 Å². The molecule has 1 aromatic carbocycles. The number of carbonyl (C=O) groups excluding carboxylic acids is 1. The molecule has 1 atom stereocenters. The van der Waals surface area contributed by atoms with E-state index >= 15 is 0 Å². The summed E-state index contributed by atoms with van der Waals surface area (Å²) in [5, 5.41) is 6.77. The molecule has 0 bridgehead atoms. The van der Waals surface area contributed by atoms with E-state index in [2.05, 4.69) is 58.6 Å². The van der Waals surface area contributed by atoms with Gasteiger partial charge in [-0.15, -0.1) is 0 Å². The number of carbonyl (C=O) groups is 1. The lowest BCUT2D eigenvalue weighted by Crippen LogP contribution is -2.40. The number of primary amides is 1. The van der Waals surface area contributed by atoms with Crippen molar-refractivity contribution in [3.8, 4) is 0 Å². The Kier molecular flexibility index (Phi) is 9.28. The molecule has 156 valence electrons. The zero-order valence-electron chi connectivity index (χ0n) is 17.7. The Morgan fingerprint density at radius 3 is 2.82 bits per heavy atom. The number of hydrogen-bond acceptors (Lipinski definition) is 3. The monoisotopic (exact) mass is 387 g/mol. The van der Waals surface area contributed by atoms with Crippen LogP contribution in [0.3, 0.4) is 0 Å². The van der Waals surface area contributed by atoms with Crippen LogP contribution in [-0.2, 0) is 17.9 Å². The van der Waals surface area contributed by atoms with Gasteiger partial charge in [0.25, 0.3) is 0 Å². The molecule has 6 nitrogen and oxygen atoms in total. The van der Waals surface area contributed by atoms with Crippen molar-refractivity contribution in [2.24, 2.45) is 22.6 Å². The van der Waals surface area contributed by atoms with Crippen molar-refractivity contribution in [1.29, 1.82) is 0 Å². The van der Waals surface area contributed by atoms with Crippen LogP contribution in [0, 0.1) is 11.8 Å². The van der Waals surface area contributed by atoms with E-state index in [0.29, 0.717) is 0 Å². The average Bonchev–Trinajstić information content (AvgIpc) is 2.67. The Morgan fingerprint density at radius 2 is 2.11 bits per heavy atom. The predicted molar refractivity (Wildman–Crippen MR) is 116 cm³/mol. The van der Waals surface area contributed by atoms with Crippen LogP contribution in [0.25, 0.3) is 0 Å². The Balaban J connectivity index is 1.81. The number of benzene rings is 1. The molecule has 1 fully saturated rings. The van der Waals surface area contributed by atoms with E-state index < -0.39 is 0 Å². The first-order chi connectivity index (χ1) is 13.5. The summed E-state index contributed by atoms with van der Waals surface area (Å²) in [5.41, 5.74) is 7.99. The first-order valence-electron chi connectivity index (χ1n) is 10.5. The Labute approximate surface area is 170 Å². The van der Waals surface area contributed by atoms with E-state index in [1.54, 1.807) is 7.05 Å². The van der Waals surface area contributed by atoms with Gasteiger partial charge in [0.1, 0.15) is 0 Å². The summed E-state index contributed by atoms with van der Waals surface area (Å²) < 4.78 is 0. The molecule has 1 heterocycles. The van der Waals surface area contributed by atoms with Crippen molar-refractivity contribution in [3.05, 3.63) is 35.4 Å². The molecular weight excluding hydrogens is 350 g/mol. The number of hydrogen-bond donors (Lipinski definition) is 3. The van der Waals surface area contributed by atoms with Crippen LogP contribution >= 0.6 is 0 Å². The number of aliphatic imine (C=N–C) groups is 1. The molecule has 1 aliphatic rings. The highest BCUT2D eigenvalue weighted by molar-refractivity contribution is 5.79. The molecule has 0 aromatic heterocycles. The van der Waals surface area contributed by atoms with Crippen molar-refractivity contribution in [3.63, 3.8) is 0 Å². The second-order valence-electron chi connectivity index (χ2n) is 8.19. The first-order valence-corrected chi connectivity index (χ1v) is 10.5. The van der Waals surface area contributed by atoms with Crippen molar-refractivity contribution < 1.29 is 4.79 Å².